The lowest BCUT2D eigenvalue weighted by Crippen LogP contribution is -2.12. The highest BCUT2D eigenvalue weighted by Crippen LogP contribution is 2.38. The van der Waals surface area contributed by atoms with E-state index in [1.54, 1.807) is 0 Å². The number of rotatable bonds is 3. The smallest absolute Gasteiger partial charge is 0.231 e. The maximum absolute atomic E-state index is 6.17. The van der Waals surface area contributed by atoms with Crippen molar-refractivity contribution in [3.63, 3.8) is 0 Å². The van der Waals surface area contributed by atoms with Crippen LogP contribution < -0.4 is 14.8 Å². The van der Waals surface area contributed by atoms with Crippen molar-refractivity contribution in [2.75, 3.05) is 18.7 Å². The molecule has 5 heteroatoms. The van der Waals surface area contributed by atoms with E-state index in [2.05, 4.69) is 10.3 Å². The Morgan fingerprint density at radius 2 is 2.10 bits per heavy atom. The van der Waals surface area contributed by atoms with Crippen molar-refractivity contribution in [1.29, 1.82) is 0 Å². The minimum Gasteiger partial charge on any atom is -0.454 e. The molecule has 1 aliphatic carbocycles. The highest BCUT2D eigenvalue weighted by Gasteiger charge is 2.23. The molecule has 2 heterocycles. The first-order valence-electron chi connectivity index (χ1n) is 7.36. The second-order valence-corrected chi connectivity index (χ2v) is 6.36. The Bertz CT molecular complexity index is 677. The quantitative estimate of drug-likeness (QED) is 0.876. The third-order valence-electron chi connectivity index (χ3n) is 4.29. The fourth-order valence-electron chi connectivity index (χ4n) is 3.14. The maximum Gasteiger partial charge on any atom is 0.231 e. The fourth-order valence-corrected chi connectivity index (χ4v) is 3.52. The van der Waals surface area contributed by atoms with Crippen molar-refractivity contribution in [1.82, 2.24) is 4.98 Å². The average Bonchev–Trinajstić information content (AvgIpc) is 3.11. The standard InChI is InChI=1S/C16H17ClN2O2/c17-12-2-1-10(5-12)8-19-16-13-7-15-14(20-9-21-15)6-11(13)3-4-18-16/h3-4,6-7,10,12H,1-2,5,8-9H2,(H,18,19). The Labute approximate surface area is 128 Å². The molecule has 21 heavy (non-hydrogen) atoms. The molecule has 1 aromatic carbocycles. The Morgan fingerprint density at radius 3 is 2.90 bits per heavy atom. The van der Waals surface area contributed by atoms with E-state index in [1.807, 2.05) is 24.4 Å². The van der Waals surface area contributed by atoms with Crippen molar-refractivity contribution in [3.8, 4) is 11.5 Å². The van der Waals surface area contributed by atoms with Crippen molar-refractivity contribution < 1.29 is 9.47 Å². The van der Waals surface area contributed by atoms with Gasteiger partial charge in [-0.3, -0.25) is 0 Å². The van der Waals surface area contributed by atoms with E-state index in [0.29, 0.717) is 18.1 Å². The van der Waals surface area contributed by atoms with E-state index in [1.165, 1.54) is 6.42 Å². The van der Waals surface area contributed by atoms with Crippen molar-refractivity contribution in [2.45, 2.75) is 24.6 Å². The summed E-state index contributed by atoms with van der Waals surface area (Å²) in [7, 11) is 0. The molecule has 0 amide bonds. The zero-order valence-electron chi connectivity index (χ0n) is 11.6. The summed E-state index contributed by atoms with van der Waals surface area (Å²) < 4.78 is 10.9. The molecule has 110 valence electrons. The lowest BCUT2D eigenvalue weighted by Gasteiger charge is -2.13. The molecular weight excluding hydrogens is 288 g/mol. The van der Waals surface area contributed by atoms with Crippen molar-refractivity contribution in [2.24, 2.45) is 5.92 Å². The highest BCUT2D eigenvalue weighted by atomic mass is 35.5. The van der Waals surface area contributed by atoms with E-state index < -0.39 is 0 Å². The van der Waals surface area contributed by atoms with E-state index in [0.717, 1.165) is 47.5 Å². The Kier molecular flexibility index (Phi) is 3.26. The minimum atomic E-state index is 0.293. The van der Waals surface area contributed by atoms with Gasteiger partial charge in [-0.25, -0.2) is 4.98 Å². The van der Waals surface area contributed by atoms with Crippen LogP contribution in [0.1, 0.15) is 19.3 Å². The fraction of sp³-hybridized carbons (Fsp3) is 0.438. The summed E-state index contributed by atoms with van der Waals surface area (Å²) in [5.74, 6) is 3.14. The molecule has 2 aliphatic rings. The summed E-state index contributed by atoms with van der Waals surface area (Å²) >= 11 is 6.17. The Hall–Kier alpha value is -1.68. The molecule has 4 nitrogen and oxygen atoms in total. The number of alkyl halides is 1. The molecule has 2 aromatic rings. The lowest BCUT2D eigenvalue weighted by atomic mass is 10.1. The SMILES string of the molecule is ClC1CCC(CNc2nccc3cc4c(cc23)OCO4)C1. The number of anilines is 1. The van der Waals surface area contributed by atoms with E-state index >= 15 is 0 Å². The van der Waals surface area contributed by atoms with Crippen LogP contribution in [0.2, 0.25) is 0 Å². The summed E-state index contributed by atoms with van der Waals surface area (Å²) in [6.45, 7) is 1.21. The van der Waals surface area contributed by atoms with Gasteiger partial charge in [-0.2, -0.15) is 0 Å². The van der Waals surface area contributed by atoms with Gasteiger partial charge in [-0.05, 0) is 48.8 Å². The first kappa shape index (κ1) is 13.0. The number of halogens is 1. The van der Waals surface area contributed by atoms with Gasteiger partial charge in [0.1, 0.15) is 5.82 Å². The van der Waals surface area contributed by atoms with Gasteiger partial charge in [0.2, 0.25) is 6.79 Å². The van der Waals surface area contributed by atoms with Gasteiger partial charge >= 0.3 is 0 Å². The number of fused-ring (bicyclic) bond motifs is 2. The number of hydrogen-bond acceptors (Lipinski definition) is 4. The zero-order valence-corrected chi connectivity index (χ0v) is 12.4. The predicted octanol–water partition coefficient (Wildman–Crippen LogP) is 3.78. The van der Waals surface area contributed by atoms with Crippen LogP contribution in [0.15, 0.2) is 24.4 Å². The van der Waals surface area contributed by atoms with E-state index in [4.69, 9.17) is 21.1 Å². The third-order valence-corrected chi connectivity index (χ3v) is 4.69. The second-order valence-electron chi connectivity index (χ2n) is 5.74. The topological polar surface area (TPSA) is 43.4 Å². The van der Waals surface area contributed by atoms with Gasteiger partial charge in [0.15, 0.2) is 11.5 Å². The monoisotopic (exact) mass is 304 g/mol. The molecule has 1 fully saturated rings. The number of nitrogens with zero attached hydrogens (tertiary/aromatic N) is 1. The molecule has 4 rings (SSSR count). The van der Waals surface area contributed by atoms with Crippen molar-refractivity contribution >= 4 is 28.2 Å². The summed E-state index contributed by atoms with van der Waals surface area (Å²) in [6.07, 6.45) is 5.23. The van der Waals surface area contributed by atoms with Crippen LogP contribution in [0.25, 0.3) is 10.8 Å². The van der Waals surface area contributed by atoms with Crippen LogP contribution in [-0.4, -0.2) is 23.7 Å². The summed E-state index contributed by atoms with van der Waals surface area (Å²) in [5, 5.41) is 6.00. The number of ether oxygens (including phenoxy) is 2. The van der Waals surface area contributed by atoms with Gasteiger partial charge in [0.25, 0.3) is 0 Å². The molecule has 1 aromatic heterocycles. The van der Waals surface area contributed by atoms with Gasteiger partial charge in [0, 0.05) is 23.5 Å². The lowest BCUT2D eigenvalue weighted by molar-refractivity contribution is 0.174. The van der Waals surface area contributed by atoms with Crippen LogP contribution in [0.3, 0.4) is 0 Å². The number of hydrogen-bond donors (Lipinski definition) is 1. The van der Waals surface area contributed by atoms with Crippen LogP contribution >= 0.6 is 11.6 Å². The number of nitrogens with one attached hydrogen (secondary N) is 1. The molecule has 0 bridgehead atoms. The Balaban J connectivity index is 1.59. The summed E-state index contributed by atoms with van der Waals surface area (Å²) in [6, 6.07) is 6.01. The Morgan fingerprint density at radius 1 is 1.24 bits per heavy atom. The number of aromatic nitrogens is 1. The van der Waals surface area contributed by atoms with Gasteiger partial charge in [0.05, 0.1) is 0 Å². The first-order chi connectivity index (χ1) is 10.3. The number of benzene rings is 1. The molecule has 1 N–H and O–H groups in total. The largest absolute Gasteiger partial charge is 0.454 e. The molecular formula is C16H17ClN2O2. The van der Waals surface area contributed by atoms with Crippen LogP contribution in [0.4, 0.5) is 5.82 Å². The van der Waals surface area contributed by atoms with E-state index in [-0.39, 0.29) is 0 Å². The second kappa shape index (κ2) is 5.26. The summed E-state index contributed by atoms with van der Waals surface area (Å²) in [5.41, 5.74) is 0. The molecule has 0 saturated heterocycles. The van der Waals surface area contributed by atoms with Gasteiger partial charge < -0.3 is 14.8 Å². The molecule has 2 atom stereocenters. The third kappa shape index (κ3) is 2.48. The highest BCUT2D eigenvalue weighted by molar-refractivity contribution is 6.20. The van der Waals surface area contributed by atoms with Gasteiger partial charge in [-0.15, -0.1) is 11.6 Å². The van der Waals surface area contributed by atoms with Crippen LogP contribution in [0.5, 0.6) is 11.5 Å². The van der Waals surface area contributed by atoms with Crippen LogP contribution in [-0.2, 0) is 0 Å². The van der Waals surface area contributed by atoms with Crippen molar-refractivity contribution in [3.05, 3.63) is 24.4 Å². The maximum atomic E-state index is 6.17. The van der Waals surface area contributed by atoms with Crippen LogP contribution in [0, 0.1) is 5.92 Å². The normalized spacial score (nSPS) is 23.7. The first-order valence-corrected chi connectivity index (χ1v) is 7.79. The molecule has 0 spiro atoms. The molecule has 1 saturated carbocycles. The van der Waals surface area contributed by atoms with E-state index in [9.17, 15) is 0 Å². The van der Waals surface area contributed by atoms with Gasteiger partial charge in [-0.1, -0.05) is 0 Å². The molecule has 2 unspecified atom stereocenters. The molecule has 0 radical (unpaired) electrons. The minimum absolute atomic E-state index is 0.293. The zero-order chi connectivity index (χ0) is 14.2. The number of pyridine rings is 1. The molecule has 1 aliphatic heterocycles. The average molecular weight is 305 g/mol. The summed E-state index contributed by atoms with van der Waals surface area (Å²) in [4.78, 5) is 4.47. The predicted molar refractivity (Wildman–Crippen MR) is 83.3 cm³/mol.